The molecule has 1 saturated carbocycles. The molecule has 20 heavy (non-hydrogen) atoms. The number of rotatable bonds is 5. The summed E-state index contributed by atoms with van der Waals surface area (Å²) in [4.78, 5) is 0. The van der Waals surface area contributed by atoms with E-state index in [0.29, 0.717) is 17.9 Å². The molecule has 0 spiro atoms. The van der Waals surface area contributed by atoms with Gasteiger partial charge in [-0.25, -0.2) is 0 Å². The molecule has 0 amide bonds. The zero-order chi connectivity index (χ0) is 14.1. The minimum absolute atomic E-state index is 0.419. The maximum atomic E-state index is 5.72. The SMILES string of the molecule is CCNC(c1cc(C)oc1C)C1CC1c1ccccc1. The van der Waals surface area contributed by atoms with E-state index in [1.54, 1.807) is 0 Å². The van der Waals surface area contributed by atoms with Crippen molar-refractivity contribution in [3.63, 3.8) is 0 Å². The number of furan rings is 1. The van der Waals surface area contributed by atoms with Crippen molar-refractivity contribution >= 4 is 0 Å². The summed E-state index contributed by atoms with van der Waals surface area (Å²) in [6.07, 6.45) is 1.27. The highest BCUT2D eigenvalue weighted by molar-refractivity contribution is 5.32. The first-order chi connectivity index (χ1) is 9.70. The predicted octanol–water partition coefficient (Wildman–Crippen LogP) is 4.35. The van der Waals surface area contributed by atoms with Gasteiger partial charge in [0.1, 0.15) is 11.5 Å². The Hall–Kier alpha value is -1.54. The minimum atomic E-state index is 0.419. The molecule has 1 aromatic carbocycles. The molecule has 2 nitrogen and oxygen atoms in total. The van der Waals surface area contributed by atoms with Crippen LogP contribution < -0.4 is 5.32 Å². The fourth-order valence-electron chi connectivity index (χ4n) is 3.34. The second-order valence-corrected chi connectivity index (χ2v) is 5.82. The fraction of sp³-hybridized carbons (Fsp3) is 0.444. The Bertz CT molecular complexity index is 572. The number of benzene rings is 1. The van der Waals surface area contributed by atoms with Crippen LogP contribution in [0.15, 0.2) is 40.8 Å². The highest BCUT2D eigenvalue weighted by Crippen LogP contribution is 2.54. The predicted molar refractivity (Wildman–Crippen MR) is 81.9 cm³/mol. The maximum Gasteiger partial charge on any atom is 0.105 e. The lowest BCUT2D eigenvalue weighted by atomic mass is 9.99. The second kappa shape index (κ2) is 5.45. The molecule has 3 atom stereocenters. The molecule has 3 rings (SSSR count). The van der Waals surface area contributed by atoms with Crippen molar-refractivity contribution in [2.45, 2.75) is 39.2 Å². The number of aryl methyl sites for hydroxylation is 2. The van der Waals surface area contributed by atoms with Gasteiger partial charge in [0.25, 0.3) is 0 Å². The smallest absolute Gasteiger partial charge is 0.105 e. The van der Waals surface area contributed by atoms with Crippen molar-refractivity contribution in [3.8, 4) is 0 Å². The Labute approximate surface area is 121 Å². The molecule has 1 fully saturated rings. The van der Waals surface area contributed by atoms with E-state index in [1.807, 2.05) is 6.92 Å². The van der Waals surface area contributed by atoms with Crippen molar-refractivity contribution in [2.75, 3.05) is 6.54 Å². The lowest BCUT2D eigenvalue weighted by molar-refractivity contribution is 0.459. The highest BCUT2D eigenvalue weighted by Gasteiger charge is 2.44. The molecule has 1 heterocycles. The average Bonchev–Trinajstić information content (AvgIpc) is 3.17. The summed E-state index contributed by atoms with van der Waals surface area (Å²) in [5.41, 5.74) is 2.81. The first-order valence-corrected chi connectivity index (χ1v) is 7.56. The van der Waals surface area contributed by atoms with Gasteiger partial charge in [-0.1, -0.05) is 37.3 Å². The zero-order valence-corrected chi connectivity index (χ0v) is 12.5. The molecule has 0 aliphatic heterocycles. The normalized spacial score (nSPS) is 22.8. The Morgan fingerprint density at radius 3 is 2.60 bits per heavy atom. The van der Waals surface area contributed by atoms with Crippen LogP contribution in [0.3, 0.4) is 0 Å². The van der Waals surface area contributed by atoms with E-state index in [0.717, 1.165) is 18.1 Å². The van der Waals surface area contributed by atoms with E-state index in [9.17, 15) is 0 Å². The van der Waals surface area contributed by atoms with Gasteiger partial charge < -0.3 is 9.73 Å². The molecule has 106 valence electrons. The largest absolute Gasteiger partial charge is 0.466 e. The van der Waals surface area contributed by atoms with Crippen molar-refractivity contribution in [2.24, 2.45) is 5.92 Å². The maximum absolute atomic E-state index is 5.72. The summed E-state index contributed by atoms with van der Waals surface area (Å²) in [5, 5.41) is 3.65. The number of nitrogens with one attached hydrogen (secondary N) is 1. The fourth-order valence-corrected chi connectivity index (χ4v) is 3.34. The van der Waals surface area contributed by atoms with E-state index in [4.69, 9.17) is 4.42 Å². The van der Waals surface area contributed by atoms with Crippen LogP contribution in [0.25, 0.3) is 0 Å². The molecule has 1 N–H and O–H groups in total. The standard InChI is InChI=1S/C18H23NO/c1-4-19-18(15-10-12(2)20-13(15)3)17-11-16(17)14-8-6-5-7-9-14/h5-10,16-19H,4,11H2,1-3H3. The lowest BCUT2D eigenvalue weighted by Crippen LogP contribution is -2.23. The van der Waals surface area contributed by atoms with E-state index in [2.05, 4.69) is 55.6 Å². The van der Waals surface area contributed by atoms with Crippen molar-refractivity contribution in [1.29, 1.82) is 0 Å². The van der Waals surface area contributed by atoms with E-state index in [1.165, 1.54) is 17.5 Å². The summed E-state index contributed by atoms with van der Waals surface area (Å²) in [7, 11) is 0. The molecule has 0 radical (unpaired) electrons. The van der Waals surface area contributed by atoms with Crippen LogP contribution in [0.2, 0.25) is 0 Å². The Balaban J connectivity index is 1.81. The van der Waals surface area contributed by atoms with Crippen LogP contribution in [-0.2, 0) is 0 Å². The highest BCUT2D eigenvalue weighted by atomic mass is 16.3. The molecule has 2 heteroatoms. The molecule has 1 aliphatic carbocycles. The van der Waals surface area contributed by atoms with Crippen LogP contribution in [0, 0.1) is 19.8 Å². The lowest BCUT2D eigenvalue weighted by Gasteiger charge is -2.17. The third-order valence-corrected chi connectivity index (χ3v) is 4.33. The first-order valence-electron chi connectivity index (χ1n) is 7.56. The third-order valence-electron chi connectivity index (χ3n) is 4.33. The number of hydrogen-bond donors (Lipinski definition) is 1. The molecular formula is C18H23NO. The van der Waals surface area contributed by atoms with Gasteiger partial charge in [0, 0.05) is 11.6 Å². The van der Waals surface area contributed by atoms with Crippen LogP contribution in [0.1, 0.15) is 48.0 Å². The van der Waals surface area contributed by atoms with Crippen LogP contribution in [0.4, 0.5) is 0 Å². The van der Waals surface area contributed by atoms with Gasteiger partial charge in [-0.2, -0.15) is 0 Å². The van der Waals surface area contributed by atoms with Crippen molar-refractivity contribution in [3.05, 3.63) is 59.0 Å². The van der Waals surface area contributed by atoms with Gasteiger partial charge in [-0.05, 0) is 50.3 Å². The Morgan fingerprint density at radius 1 is 1.25 bits per heavy atom. The summed E-state index contributed by atoms with van der Waals surface area (Å²) < 4.78 is 5.72. The van der Waals surface area contributed by atoms with Gasteiger partial charge in [-0.3, -0.25) is 0 Å². The second-order valence-electron chi connectivity index (χ2n) is 5.82. The zero-order valence-electron chi connectivity index (χ0n) is 12.5. The Kier molecular flexibility index (Phi) is 3.66. The summed E-state index contributed by atoms with van der Waals surface area (Å²) >= 11 is 0. The van der Waals surface area contributed by atoms with Crippen molar-refractivity contribution < 1.29 is 4.42 Å². The van der Waals surface area contributed by atoms with Gasteiger partial charge in [0.15, 0.2) is 0 Å². The monoisotopic (exact) mass is 269 g/mol. The van der Waals surface area contributed by atoms with E-state index < -0.39 is 0 Å². The average molecular weight is 269 g/mol. The molecule has 2 aromatic rings. The summed E-state index contributed by atoms with van der Waals surface area (Å²) in [6.45, 7) is 7.27. The minimum Gasteiger partial charge on any atom is -0.466 e. The first kappa shape index (κ1) is 13.4. The molecule has 0 saturated heterocycles. The van der Waals surface area contributed by atoms with Crippen LogP contribution in [-0.4, -0.2) is 6.54 Å². The Morgan fingerprint density at radius 2 is 2.00 bits per heavy atom. The molecular weight excluding hydrogens is 246 g/mol. The van der Waals surface area contributed by atoms with Crippen LogP contribution >= 0.6 is 0 Å². The number of hydrogen-bond acceptors (Lipinski definition) is 2. The molecule has 1 aliphatic rings. The van der Waals surface area contributed by atoms with Gasteiger partial charge in [0.2, 0.25) is 0 Å². The van der Waals surface area contributed by atoms with Gasteiger partial charge >= 0.3 is 0 Å². The topological polar surface area (TPSA) is 25.2 Å². The quantitative estimate of drug-likeness (QED) is 0.873. The van der Waals surface area contributed by atoms with Crippen LogP contribution in [0.5, 0.6) is 0 Å². The third kappa shape index (κ3) is 2.53. The summed E-state index contributed by atoms with van der Waals surface area (Å²) in [6, 6.07) is 13.5. The molecule has 0 bridgehead atoms. The van der Waals surface area contributed by atoms with E-state index >= 15 is 0 Å². The molecule has 3 unspecified atom stereocenters. The van der Waals surface area contributed by atoms with E-state index in [-0.39, 0.29) is 0 Å². The molecule has 1 aromatic heterocycles. The van der Waals surface area contributed by atoms with Crippen molar-refractivity contribution in [1.82, 2.24) is 5.32 Å². The van der Waals surface area contributed by atoms with Gasteiger partial charge in [-0.15, -0.1) is 0 Å². The summed E-state index contributed by atoms with van der Waals surface area (Å²) in [5.74, 6) is 3.45. The van der Waals surface area contributed by atoms with Gasteiger partial charge in [0.05, 0.1) is 0 Å².